The van der Waals surface area contributed by atoms with Crippen molar-refractivity contribution in [3.8, 4) is 5.88 Å². The highest BCUT2D eigenvalue weighted by Gasteiger charge is 2.07. The van der Waals surface area contributed by atoms with Gasteiger partial charge in [0.05, 0.1) is 24.0 Å². The predicted molar refractivity (Wildman–Crippen MR) is 70.9 cm³/mol. The van der Waals surface area contributed by atoms with Crippen molar-refractivity contribution in [2.45, 2.75) is 13.3 Å². The van der Waals surface area contributed by atoms with Gasteiger partial charge in [-0.25, -0.2) is 0 Å². The molecule has 0 fully saturated rings. The molecule has 0 radical (unpaired) electrons. The van der Waals surface area contributed by atoms with E-state index < -0.39 is 5.97 Å². The molecule has 8 nitrogen and oxygen atoms in total. The van der Waals surface area contributed by atoms with E-state index in [1.54, 1.807) is 19.1 Å². The van der Waals surface area contributed by atoms with Gasteiger partial charge in [0.25, 0.3) is 11.8 Å². The van der Waals surface area contributed by atoms with E-state index >= 15 is 0 Å². The number of aryl methyl sites for hydroxylation is 1. The van der Waals surface area contributed by atoms with Crippen LogP contribution in [0.5, 0.6) is 5.88 Å². The second kappa shape index (κ2) is 6.51. The van der Waals surface area contributed by atoms with Gasteiger partial charge in [0.1, 0.15) is 5.76 Å². The highest BCUT2D eigenvalue weighted by atomic mass is 16.5. The number of anilines is 1. The van der Waals surface area contributed by atoms with Gasteiger partial charge in [-0.2, -0.15) is 0 Å². The summed E-state index contributed by atoms with van der Waals surface area (Å²) in [5.74, 6) is -0.528. The normalized spacial score (nSPS) is 10.1. The number of rotatable bonds is 6. The number of carboxylic acid groups (broad SMARTS) is 1. The SMILES string of the molecule is Cc1cc(OCC(=O)Nc2ccc(CC(=O)O)nc2)no1. The fourth-order valence-corrected chi connectivity index (χ4v) is 1.51. The molecule has 0 spiro atoms. The number of hydrogen-bond donors (Lipinski definition) is 2. The number of aliphatic carboxylic acids is 1. The maximum atomic E-state index is 11.6. The second-order valence-electron chi connectivity index (χ2n) is 4.22. The maximum absolute atomic E-state index is 11.6. The minimum atomic E-state index is -0.962. The van der Waals surface area contributed by atoms with Crippen LogP contribution in [0.1, 0.15) is 11.5 Å². The summed E-state index contributed by atoms with van der Waals surface area (Å²) in [7, 11) is 0. The van der Waals surface area contributed by atoms with Crippen LogP contribution in [0.15, 0.2) is 28.9 Å². The van der Waals surface area contributed by atoms with E-state index in [4.69, 9.17) is 14.4 Å². The number of amides is 1. The number of nitrogens with zero attached hydrogens (tertiary/aromatic N) is 2. The number of hydrogen-bond acceptors (Lipinski definition) is 6. The molecule has 0 saturated heterocycles. The van der Waals surface area contributed by atoms with Crippen molar-refractivity contribution >= 4 is 17.6 Å². The first-order chi connectivity index (χ1) is 10.0. The molecule has 8 heteroatoms. The summed E-state index contributed by atoms with van der Waals surface area (Å²) >= 11 is 0. The lowest BCUT2D eigenvalue weighted by atomic mass is 10.2. The first-order valence-corrected chi connectivity index (χ1v) is 6.05. The Bertz CT molecular complexity index is 636. The summed E-state index contributed by atoms with van der Waals surface area (Å²) in [5, 5.41) is 14.8. The molecule has 2 heterocycles. The molecule has 0 aliphatic rings. The Morgan fingerprint density at radius 2 is 2.24 bits per heavy atom. The molecule has 21 heavy (non-hydrogen) atoms. The molecule has 2 rings (SSSR count). The van der Waals surface area contributed by atoms with Crippen molar-refractivity contribution in [2.75, 3.05) is 11.9 Å². The van der Waals surface area contributed by atoms with E-state index in [1.165, 1.54) is 12.3 Å². The lowest BCUT2D eigenvalue weighted by Gasteiger charge is -2.05. The molecule has 2 N–H and O–H groups in total. The zero-order chi connectivity index (χ0) is 15.2. The summed E-state index contributed by atoms with van der Waals surface area (Å²) in [4.78, 5) is 26.1. The second-order valence-corrected chi connectivity index (χ2v) is 4.22. The Balaban J connectivity index is 1.83. The Morgan fingerprint density at radius 1 is 1.43 bits per heavy atom. The molecular formula is C13H13N3O5. The third-order valence-electron chi connectivity index (χ3n) is 2.40. The van der Waals surface area contributed by atoms with E-state index in [0.717, 1.165) is 0 Å². The van der Waals surface area contributed by atoms with Crippen LogP contribution in [0, 0.1) is 6.92 Å². The maximum Gasteiger partial charge on any atom is 0.309 e. The third kappa shape index (κ3) is 4.60. The van der Waals surface area contributed by atoms with Crippen molar-refractivity contribution in [3.63, 3.8) is 0 Å². The third-order valence-corrected chi connectivity index (χ3v) is 2.40. The smallest absolute Gasteiger partial charge is 0.309 e. The minimum absolute atomic E-state index is 0.164. The van der Waals surface area contributed by atoms with Crippen molar-refractivity contribution in [1.29, 1.82) is 0 Å². The number of aromatic nitrogens is 2. The molecule has 110 valence electrons. The van der Waals surface area contributed by atoms with E-state index in [1.807, 2.05) is 0 Å². The Labute approximate surface area is 119 Å². The van der Waals surface area contributed by atoms with Crippen LogP contribution in [0.4, 0.5) is 5.69 Å². The average molecular weight is 291 g/mol. The molecule has 2 aromatic heterocycles. The monoisotopic (exact) mass is 291 g/mol. The van der Waals surface area contributed by atoms with Crippen LogP contribution in [0.25, 0.3) is 0 Å². The summed E-state index contributed by atoms with van der Waals surface area (Å²) in [6.45, 7) is 1.49. The van der Waals surface area contributed by atoms with Gasteiger partial charge in [0.2, 0.25) is 0 Å². The van der Waals surface area contributed by atoms with Crippen molar-refractivity contribution < 1.29 is 24.0 Å². The first-order valence-electron chi connectivity index (χ1n) is 6.05. The number of carbonyl (C=O) groups is 2. The molecule has 2 aromatic rings. The molecule has 0 atom stereocenters. The quantitative estimate of drug-likeness (QED) is 0.816. The molecule has 0 saturated carbocycles. The molecule has 0 aromatic carbocycles. The Kier molecular flexibility index (Phi) is 4.50. The van der Waals surface area contributed by atoms with Gasteiger partial charge in [-0.1, -0.05) is 0 Å². The van der Waals surface area contributed by atoms with Gasteiger partial charge in [0, 0.05) is 6.07 Å². The standard InChI is InChI=1S/C13H13N3O5/c1-8-4-12(16-21-8)20-7-11(17)15-10-3-2-9(14-6-10)5-13(18)19/h2-4,6H,5,7H2,1H3,(H,15,17)(H,18,19). The van der Waals surface area contributed by atoms with Crippen LogP contribution in [0.2, 0.25) is 0 Å². The van der Waals surface area contributed by atoms with E-state index in [-0.39, 0.29) is 24.8 Å². The van der Waals surface area contributed by atoms with Crippen LogP contribution in [-0.4, -0.2) is 33.7 Å². The fraction of sp³-hybridized carbons (Fsp3) is 0.231. The number of carboxylic acids is 1. The zero-order valence-corrected chi connectivity index (χ0v) is 11.2. The average Bonchev–Trinajstić information content (AvgIpc) is 2.84. The Morgan fingerprint density at radius 3 is 2.81 bits per heavy atom. The van der Waals surface area contributed by atoms with E-state index in [0.29, 0.717) is 17.1 Å². The van der Waals surface area contributed by atoms with Gasteiger partial charge in [0.15, 0.2) is 6.61 Å². The van der Waals surface area contributed by atoms with E-state index in [2.05, 4.69) is 15.5 Å². The van der Waals surface area contributed by atoms with Crippen LogP contribution < -0.4 is 10.1 Å². The first kappa shape index (κ1) is 14.5. The number of nitrogens with one attached hydrogen (secondary N) is 1. The largest absolute Gasteiger partial charge is 0.481 e. The summed E-state index contributed by atoms with van der Waals surface area (Å²) < 4.78 is 9.92. The molecule has 0 bridgehead atoms. The van der Waals surface area contributed by atoms with Crippen LogP contribution >= 0.6 is 0 Å². The lowest BCUT2D eigenvalue weighted by molar-refractivity contribution is -0.136. The Hall–Kier alpha value is -2.90. The number of ether oxygens (including phenoxy) is 1. The molecule has 0 aliphatic heterocycles. The van der Waals surface area contributed by atoms with Gasteiger partial charge in [-0.15, -0.1) is 0 Å². The van der Waals surface area contributed by atoms with Crippen LogP contribution in [0.3, 0.4) is 0 Å². The summed E-state index contributed by atoms with van der Waals surface area (Å²) in [5.41, 5.74) is 0.865. The zero-order valence-electron chi connectivity index (χ0n) is 11.2. The van der Waals surface area contributed by atoms with E-state index in [9.17, 15) is 9.59 Å². The number of carbonyl (C=O) groups excluding carboxylic acids is 1. The van der Waals surface area contributed by atoms with Crippen molar-refractivity contribution in [3.05, 3.63) is 35.9 Å². The predicted octanol–water partition coefficient (Wildman–Crippen LogP) is 1.02. The minimum Gasteiger partial charge on any atom is -0.481 e. The fourth-order valence-electron chi connectivity index (χ4n) is 1.51. The van der Waals surface area contributed by atoms with Crippen molar-refractivity contribution in [2.24, 2.45) is 0 Å². The molecule has 1 amide bonds. The molecular weight excluding hydrogens is 278 g/mol. The highest BCUT2D eigenvalue weighted by Crippen LogP contribution is 2.10. The highest BCUT2D eigenvalue weighted by molar-refractivity contribution is 5.91. The molecule has 0 unspecified atom stereocenters. The number of pyridine rings is 1. The van der Waals surface area contributed by atoms with Gasteiger partial charge >= 0.3 is 5.97 Å². The van der Waals surface area contributed by atoms with Gasteiger partial charge in [-0.3, -0.25) is 14.6 Å². The topological polar surface area (TPSA) is 115 Å². The van der Waals surface area contributed by atoms with Crippen molar-refractivity contribution in [1.82, 2.24) is 10.1 Å². The van der Waals surface area contributed by atoms with Crippen LogP contribution in [-0.2, 0) is 16.0 Å². The summed E-state index contributed by atoms with van der Waals surface area (Å²) in [6, 6.07) is 4.67. The van der Waals surface area contributed by atoms with Gasteiger partial charge < -0.3 is 19.7 Å². The summed E-state index contributed by atoms with van der Waals surface area (Å²) in [6.07, 6.45) is 1.22. The van der Waals surface area contributed by atoms with Gasteiger partial charge in [-0.05, 0) is 24.2 Å². The lowest BCUT2D eigenvalue weighted by Crippen LogP contribution is -2.20. The molecule has 0 aliphatic carbocycles.